The van der Waals surface area contributed by atoms with E-state index in [0.717, 1.165) is 11.5 Å². The van der Waals surface area contributed by atoms with E-state index in [2.05, 4.69) is 15.3 Å². The molecular formula is C9H16N4O2S. The molecule has 0 aliphatic heterocycles. The molecule has 0 aliphatic carbocycles. The number of sulfonamides is 1. The molecule has 16 heavy (non-hydrogen) atoms. The first-order chi connectivity index (χ1) is 7.47. The van der Waals surface area contributed by atoms with E-state index in [1.54, 1.807) is 6.20 Å². The van der Waals surface area contributed by atoms with Crippen LogP contribution in [0.2, 0.25) is 0 Å². The zero-order chi connectivity index (χ0) is 12.0. The molecule has 0 spiro atoms. The van der Waals surface area contributed by atoms with Crippen molar-refractivity contribution >= 4 is 10.0 Å². The standard InChI is InChI=1S/C9H16N4O2S/c1-8-12-5-3-9(13-8)7-11-4-2-6-16(10,14)15/h3,5,11H,2,4,6-7H2,1H3,(H2,10,14,15). The first kappa shape index (κ1) is 13.0. The Bertz CT molecular complexity index is 433. The predicted molar refractivity (Wildman–Crippen MR) is 61.1 cm³/mol. The van der Waals surface area contributed by atoms with E-state index >= 15 is 0 Å². The van der Waals surface area contributed by atoms with Gasteiger partial charge in [0.15, 0.2) is 0 Å². The lowest BCUT2D eigenvalue weighted by atomic mass is 10.4. The minimum atomic E-state index is -3.34. The first-order valence-electron chi connectivity index (χ1n) is 4.97. The number of nitrogens with zero attached hydrogens (tertiary/aromatic N) is 2. The Morgan fingerprint density at radius 2 is 2.25 bits per heavy atom. The molecule has 0 aliphatic rings. The first-order valence-corrected chi connectivity index (χ1v) is 6.68. The third kappa shape index (κ3) is 5.74. The van der Waals surface area contributed by atoms with Crippen molar-refractivity contribution in [1.29, 1.82) is 0 Å². The van der Waals surface area contributed by atoms with Crippen LogP contribution < -0.4 is 10.5 Å². The highest BCUT2D eigenvalue weighted by atomic mass is 32.2. The van der Waals surface area contributed by atoms with Gasteiger partial charge in [-0.3, -0.25) is 0 Å². The van der Waals surface area contributed by atoms with Crippen LogP contribution in [-0.4, -0.2) is 30.7 Å². The highest BCUT2D eigenvalue weighted by Crippen LogP contribution is 1.94. The zero-order valence-electron chi connectivity index (χ0n) is 9.18. The van der Waals surface area contributed by atoms with Crippen molar-refractivity contribution in [3.8, 4) is 0 Å². The summed E-state index contributed by atoms with van der Waals surface area (Å²) in [6.07, 6.45) is 2.20. The minimum absolute atomic E-state index is 0.00278. The van der Waals surface area contributed by atoms with Gasteiger partial charge in [-0.05, 0) is 26.0 Å². The molecule has 6 nitrogen and oxygen atoms in total. The van der Waals surface area contributed by atoms with Gasteiger partial charge in [0.05, 0.1) is 11.4 Å². The summed E-state index contributed by atoms with van der Waals surface area (Å²) in [5.41, 5.74) is 0.892. The average molecular weight is 244 g/mol. The molecule has 0 bridgehead atoms. The van der Waals surface area contributed by atoms with Crippen molar-refractivity contribution < 1.29 is 8.42 Å². The molecule has 0 unspecified atom stereocenters. The maximum absolute atomic E-state index is 10.6. The summed E-state index contributed by atoms with van der Waals surface area (Å²) in [5.74, 6) is 0.729. The molecule has 1 aromatic heterocycles. The Hall–Kier alpha value is -1.05. The summed E-state index contributed by atoms with van der Waals surface area (Å²) >= 11 is 0. The van der Waals surface area contributed by atoms with Crippen molar-refractivity contribution in [2.75, 3.05) is 12.3 Å². The average Bonchev–Trinajstić information content (AvgIpc) is 2.15. The minimum Gasteiger partial charge on any atom is -0.311 e. The zero-order valence-corrected chi connectivity index (χ0v) is 10.00. The largest absolute Gasteiger partial charge is 0.311 e. The monoisotopic (exact) mass is 244 g/mol. The summed E-state index contributed by atoms with van der Waals surface area (Å²) in [5, 5.41) is 7.96. The van der Waals surface area contributed by atoms with Crippen molar-refractivity contribution in [3.63, 3.8) is 0 Å². The summed E-state index contributed by atoms with van der Waals surface area (Å²) in [6, 6.07) is 1.82. The maximum Gasteiger partial charge on any atom is 0.209 e. The van der Waals surface area contributed by atoms with Gasteiger partial charge in [-0.25, -0.2) is 23.5 Å². The van der Waals surface area contributed by atoms with Crippen LogP contribution >= 0.6 is 0 Å². The molecule has 1 rings (SSSR count). The number of aryl methyl sites for hydroxylation is 1. The van der Waals surface area contributed by atoms with E-state index in [1.165, 1.54) is 0 Å². The Kier molecular flexibility index (Phi) is 4.78. The molecule has 1 heterocycles. The topological polar surface area (TPSA) is 98.0 Å². The molecule has 1 aromatic rings. The quantitative estimate of drug-likeness (QED) is 0.661. The second-order valence-corrected chi connectivity index (χ2v) is 5.23. The van der Waals surface area contributed by atoms with Crippen molar-refractivity contribution in [3.05, 3.63) is 23.8 Å². The lowest BCUT2D eigenvalue weighted by Crippen LogP contribution is -2.22. The summed E-state index contributed by atoms with van der Waals surface area (Å²) in [4.78, 5) is 8.18. The molecule has 0 saturated heterocycles. The van der Waals surface area contributed by atoms with Gasteiger partial charge in [0.2, 0.25) is 10.0 Å². The number of rotatable bonds is 6. The molecular weight excluding hydrogens is 228 g/mol. The van der Waals surface area contributed by atoms with Crippen LogP contribution in [0.3, 0.4) is 0 Å². The molecule has 3 N–H and O–H groups in total. The normalized spacial score (nSPS) is 11.6. The molecule has 90 valence electrons. The Labute approximate surface area is 95.3 Å². The van der Waals surface area contributed by atoms with Crippen LogP contribution in [0.4, 0.5) is 0 Å². The lowest BCUT2D eigenvalue weighted by molar-refractivity contribution is 0.589. The molecule has 0 fully saturated rings. The van der Waals surface area contributed by atoms with Crippen LogP contribution in [0.25, 0.3) is 0 Å². The molecule has 0 atom stereocenters. The van der Waals surface area contributed by atoms with Gasteiger partial charge in [-0.1, -0.05) is 0 Å². The van der Waals surface area contributed by atoms with Gasteiger partial charge < -0.3 is 5.32 Å². The van der Waals surface area contributed by atoms with Gasteiger partial charge >= 0.3 is 0 Å². The van der Waals surface area contributed by atoms with E-state index in [0.29, 0.717) is 19.5 Å². The molecule has 0 saturated carbocycles. The number of nitrogens with one attached hydrogen (secondary N) is 1. The summed E-state index contributed by atoms with van der Waals surface area (Å²) < 4.78 is 21.3. The van der Waals surface area contributed by atoms with Crippen LogP contribution in [0, 0.1) is 6.92 Å². The van der Waals surface area contributed by atoms with Crippen LogP contribution in [0.5, 0.6) is 0 Å². The van der Waals surface area contributed by atoms with Crippen molar-refractivity contribution in [1.82, 2.24) is 15.3 Å². The van der Waals surface area contributed by atoms with Gasteiger partial charge in [-0.2, -0.15) is 0 Å². The molecule has 0 aromatic carbocycles. The molecule has 7 heteroatoms. The number of primary sulfonamides is 1. The highest BCUT2D eigenvalue weighted by Gasteiger charge is 2.01. The van der Waals surface area contributed by atoms with Crippen LogP contribution in [0.15, 0.2) is 12.3 Å². The fourth-order valence-electron chi connectivity index (χ4n) is 1.22. The van der Waals surface area contributed by atoms with Crippen molar-refractivity contribution in [2.45, 2.75) is 19.9 Å². The Morgan fingerprint density at radius 3 is 2.88 bits per heavy atom. The van der Waals surface area contributed by atoms with Crippen molar-refractivity contribution in [2.24, 2.45) is 5.14 Å². The third-order valence-corrected chi connectivity index (χ3v) is 2.78. The van der Waals surface area contributed by atoms with Gasteiger partial charge in [0.25, 0.3) is 0 Å². The lowest BCUT2D eigenvalue weighted by Gasteiger charge is -2.03. The summed E-state index contributed by atoms with van der Waals surface area (Å²) in [6.45, 7) is 3.03. The molecule has 0 radical (unpaired) electrons. The van der Waals surface area contributed by atoms with Crippen LogP contribution in [0.1, 0.15) is 17.9 Å². The predicted octanol–water partition coefficient (Wildman–Crippen LogP) is -0.447. The van der Waals surface area contributed by atoms with Crippen LogP contribution in [-0.2, 0) is 16.6 Å². The number of aromatic nitrogens is 2. The van der Waals surface area contributed by atoms with Gasteiger partial charge in [0, 0.05) is 12.7 Å². The maximum atomic E-state index is 10.6. The third-order valence-electron chi connectivity index (χ3n) is 1.92. The Balaban J connectivity index is 2.21. The number of nitrogens with two attached hydrogens (primary N) is 1. The van der Waals surface area contributed by atoms with E-state index in [-0.39, 0.29) is 5.75 Å². The van der Waals surface area contributed by atoms with E-state index < -0.39 is 10.0 Å². The second kappa shape index (κ2) is 5.88. The Morgan fingerprint density at radius 1 is 1.50 bits per heavy atom. The molecule has 0 amide bonds. The van der Waals surface area contributed by atoms with Gasteiger partial charge in [-0.15, -0.1) is 0 Å². The number of hydrogen-bond donors (Lipinski definition) is 2. The SMILES string of the molecule is Cc1nccc(CNCCCS(N)(=O)=O)n1. The van der Waals surface area contributed by atoms with E-state index in [9.17, 15) is 8.42 Å². The van der Waals surface area contributed by atoms with Gasteiger partial charge in [0.1, 0.15) is 5.82 Å². The highest BCUT2D eigenvalue weighted by molar-refractivity contribution is 7.89. The second-order valence-electron chi connectivity index (χ2n) is 3.49. The number of hydrogen-bond acceptors (Lipinski definition) is 5. The fourth-order valence-corrected chi connectivity index (χ4v) is 1.77. The van der Waals surface area contributed by atoms with E-state index in [4.69, 9.17) is 5.14 Å². The van der Waals surface area contributed by atoms with E-state index in [1.807, 2.05) is 13.0 Å². The summed E-state index contributed by atoms with van der Waals surface area (Å²) in [7, 11) is -3.34. The smallest absolute Gasteiger partial charge is 0.209 e. The fraction of sp³-hybridized carbons (Fsp3) is 0.556.